The number of nitrogens with zero attached hydrogens (tertiary/aromatic N) is 1. The number of carbonyl (C=O) groups is 3. The molecule has 0 spiro atoms. The number of pyridine rings is 1. The van der Waals surface area contributed by atoms with Crippen LogP contribution >= 0.6 is 0 Å². The van der Waals surface area contributed by atoms with Crippen LogP contribution in [0, 0.1) is 6.92 Å². The van der Waals surface area contributed by atoms with Gasteiger partial charge < -0.3 is 13.9 Å². The zero-order valence-electron chi connectivity index (χ0n) is 16.0. The number of carbonyl (C=O) groups excluding carboxylic acids is 3. The van der Waals surface area contributed by atoms with E-state index in [-0.39, 0.29) is 35.8 Å². The molecule has 0 aliphatic heterocycles. The number of hydrogen-bond acceptors (Lipinski definition) is 5. The molecular weight excluding hydrogens is 358 g/mol. The van der Waals surface area contributed by atoms with Gasteiger partial charge in [0.1, 0.15) is 16.8 Å². The van der Waals surface area contributed by atoms with E-state index >= 15 is 0 Å². The highest BCUT2D eigenvalue weighted by atomic mass is 16.5. The SMILES string of the molecule is CCOC(=O)c1c(C(=O)OCC)c2ccccn2c1C(=O)c1ccccc1C. The Labute approximate surface area is 162 Å². The highest BCUT2D eigenvalue weighted by molar-refractivity contribution is 6.20. The number of aromatic nitrogens is 1. The summed E-state index contributed by atoms with van der Waals surface area (Å²) in [6, 6.07) is 12.2. The Kier molecular flexibility index (Phi) is 5.59. The number of ether oxygens (including phenoxy) is 2. The van der Waals surface area contributed by atoms with E-state index in [4.69, 9.17) is 9.47 Å². The lowest BCUT2D eigenvalue weighted by molar-refractivity contribution is 0.0480. The number of aryl methyl sites for hydroxylation is 1. The minimum atomic E-state index is -0.730. The predicted molar refractivity (Wildman–Crippen MR) is 104 cm³/mol. The van der Waals surface area contributed by atoms with Crippen LogP contribution in [0.1, 0.15) is 56.2 Å². The van der Waals surface area contributed by atoms with Crippen molar-refractivity contribution in [2.24, 2.45) is 0 Å². The minimum absolute atomic E-state index is 0.0397. The molecule has 0 aliphatic carbocycles. The Bertz CT molecular complexity index is 1060. The number of rotatable bonds is 6. The number of hydrogen-bond donors (Lipinski definition) is 0. The van der Waals surface area contributed by atoms with Crippen LogP contribution in [0.4, 0.5) is 0 Å². The summed E-state index contributed by atoms with van der Waals surface area (Å²) in [5.41, 5.74) is 1.70. The third kappa shape index (κ3) is 3.29. The molecule has 0 fully saturated rings. The molecule has 3 aromatic rings. The Morgan fingerprint density at radius 2 is 1.46 bits per heavy atom. The Balaban J connectivity index is 2.36. The molecule has 0 aliphatic rings. The molecule has 0 radical (unpaired) electrons. The molecule has 0 amide bonds. The Hall–Kier alpha value is -3.41. The quantitative estimate of drug-likeness (QED) is 0.481. The third-order valence-corrected chi connectivity index (χ3v) is 4.41. The van der Waals surface area contributed by atoms with Crippen LogP contribution in [-0.4, -0.2) is 35.3 Å². The molecule has 2 heterocycles. The fraction of sp³-hybridized carbons (Fsp3) is 0.227. The van der Waals surface area contributed by atoms with E-state index in [0.29, 0.717) is 11.1 Å². The first-order valence-electron chi connectivity index (χ1n) is 9.08. The van der Waals surface area contributed by atoms with Gasteiger partial charge in [0.15, 0.2) is 0 Å². The third-order valence-electron chi connectivity index (χ3n) is 4.41. The second-order valence-electron chi connectivity index (χ2n) is 6.14. The summed E-state index contributed by atoms with van der Waals surface area (Å²) >= 11 is 0. The van der Waals surface area contributed by atoms with Crippen molar-refractivity contribution in [2.45, 2.75) is 20.8 Å². The molecule has 28 heavy (non-hydrogen) atoms. The van der Waals surface area contributed by atoms with Gasteiger partial charge in [-0.2, -0.15) is 0 Å². The second-order valence-corrected chi connectivity index (χ2v) is 6.14. The lowest BCUT2D eigenvalue weighted by Gasteiger charge is -2.08. The van der Waals surface area contributed by atoms with Crippen LogP contribution in [0.5, 0.6) is 0 Å². The van der Waals surface area contributed by atoms with E-state index in [1.807, 2.05) is 19.1 Å². The maximum Gasteiger partial charge on any atom is 0.341 e. The van der Waals surface area contributed by atoms with Gasteiger partial charge >= 0.3 is 11.9 Å². The second kappa shape index (κ2) is 8.08. The molecule has 0 N–H and O–H groups in total. The van der Waals surface area contributed by atoms with Crippen LogP contribution < -0.4 is 0 Å². The van der Waals surface area contributed by atoms with Gasteiger partial charge in [0.05, 0.1) is 18.7 Å². The van der Waals surface area contributed by atoms with Gasteiger partial charge in [-0.3, -0.25) is 4.79 Å². The maximum atomic E-state index is 13.4. The largest absolute Gasteiger partial charge is 0.462 e. The van der Waals surface area contributed by atoms with Crippen LogP contribution in [-0.2, 0) is 9.47 Å². The summed E-state index contributed by atoms with van der Waals surface area (Å²) in [6.07, 6.45) is 1.65. The van der Waals surface area contributed by atoms with Crippen molar-refractivity contribution < 1.29 is 23.9 Å². The van der Waals surface area contributed by atoms with Gasteiger partial charge in [-0.1, -0.05) is 30.3 Å². The normalized spacial score (nSPS) is 10.7. The summed E-state index contributed by atoms with van der Waals surface area (Å²) < 4.78 is 11.9. The van der Waals surface area contributed by atoms with E-state index < -0.39 is 11.9 Å². The van der Waals surface area contributed by atoms with E-state index in [1.165, 1.54) is 0 Å². The van der Waals surface area contributed by atoms with E-state index in [9.17, 15) is 14.4 Å². The van der Waals surface area contributed by atoms with Gasteiger partial charge in [-0.25, -0.2) is 9.59 Å². The molecule has 0 saturated carbocycles. The fourth-order valence-corrected chi connectivity index (χ4v) is 3.20. The Morgan fingerprint density at radius 3 is 2.11 bits per heavy atom. The summed E-state index contributed by atoms with van der Waals surface area (Å²) in [7, 11) is 0. The molecule has 2 aromatic heterocycles. The van der Waals surface area contributed by atoms with Crippen molar-refractivity contribution in [3.63, 3.8) is 0 Å². The fourth-order valence-electron chi connectivity index (χ4n) is 3.20. The summed E-state index contributed by atoms with van der Waals surface area (Å²) in [6.45, 7) is 5.43. The molecule has 0 unspecified atom stereocenters. The molecule has 3 rings (SSSR count). The van der Waals surface area contributed by atoms with Crippen molar-refractivity contribution >= 4 is 23.2 Å². The summed E-state index contributed by atoms with van der Waals surface area (Å²) in [5.74, 6) is -1.76. The topological polar surface area (TPSA) is 74.1 Å². The first-order valence-corrected chi connectivity index (χ1v) is 9.08. The first kappa shape index (κ1) is 19.4. The van der Waals surface area contributed by atoms with Crippen molar-refractivity contribution in [3.05, 3.63) is 76.6 Å². The van der Waals surface area contributed by atoms with Crippen LogP contribution in [0.25, 0.3) is 5.52 Å². The highest BCUT2D eigenvalue weighted by Crippen LogP contribution is 2.28. The van der Waals surface area contributed by atoms with Gasteiger partial charge in [-0.05, 0) is 38.5 Å². The molecular formula is C22H21NO5. The highest BCUT2D eigenvalue weighted by Gasteiger charge is 2.33. The first-order chi connectivity index (χ1) is 13.5. The standard InChI is InChI=1S/C22H21NO5/c1-4-27-21(25)17-16-12-8-9-13-23(16)19(18(17)22(26)28-5-2)20(24)15-11-7-6-10-14(15)3/h6-13H,4-5H2,1-3H3. The van der Waals surface area contributed by atoms with Gasteiger partial charge in [0.25, 0.3) is 0 Å². The van der Waals surface area contributed by atoms with Crippen LogP contribution in [0.15, 0.2) is 48.7 Å². The lowest BCUT2D eigenvalue weighted by atomic mass is 9.99. The number of esters is 2. The zero-order chi connectivity index (χ0) is 20.3. The summed E-state index contributed by atoms with van der Waals surface area (Å²) in [4.78, 5) is 38.9. The van der Waals surface area contributed by atoms with E-state index in [0.717, 1.165) is 5.56 Å². The van der Waals surface area contributed by atoms with Gasteiger partial charge in [-0.15, -0.1) is 0 Å². The van der Waals surface area contributed by atoms with E-state index in [1.54, 1.807) is 54.8 Å². The zero-order valence-corrected chi connectivity index (χ0v) is 16.0. The number of fused-ring (bicyclic) bond motifs is 1. The van der Waals surface area contributed by atoms with Crippen LogP contribution in [0.3, 0.4) is 0 Å². The van der Waals surface area contributed by atoms with Gasteiger partial charge in [0.2, 0.25) is 5.78 Å². The smallest absolute Gasteiger partial charge is 0.341 e. The maximum absolute atomic E-state index is 13.4. The molecule has 144 valence electrons. The van der Waals surface area contributed by atoms with Crippen molar-refractivity contribution in [1.82, 2.24) is 4.40 Å². The van der Waals surface area contributed by atoms with Gasteiger partial charge in [0, 0.05) is 11.8 Å². The molecule has 0 bridgehead atoms. The average molecular weight is 379 g/mol. The average Bonchev–Trinajstić information content (AvgIpc) is 3.03. The minimum Gasteiger partial charge on any atom is -0.462 e. The molecule has 6 heteroatoms. The predicted octanol–water partition coefficient (Wildman–Crippen LogP) is 3.83. The van der Waals surface area contributed by atoms with Crippen molar-refractivity contribution in [3.8, 4) is 0 Å². The molecule has 0 atom stereocenters. The Morgan fingerprint density at radius 1 is 0.857 bits per heavy atom. The summed E-state index contributed by atoms with van der Waals surface area (Å²) in [5, 5.41) is 0. The van der Waals surface area contributed by atoms with E-state index in [2.05, 4.69) is 0 Å². The van der Waals surface area contributed by atoms with Crippen molar-refractivity contribution in [2.75, 3.05) is 13.2 Å². The molecule has 1 aromatic carbocycles. The monoisotopic (exact) mass is 379 g/mol. The lowest BCUT2D eigenvalue weighted by Crippen LogP contribution is -2.17. The van der Waals surface area contributed by atoms with Crippen LogP contribution in [0.2, 0.25) is 0 Å². The number of ketones is 1. The molecule has 0 saturated heterocycles. The molecule has 6 nitrogen and oxygen atoms in total. The van der Waals surface area contributed by atoms with Crippen molar-refractivity contribution in [1.29, 1.82) is 0 Å². The number of benzene rings is 1.